The molecule has 7 heteroatoms. The third-order valence-electron chi connectivity index (χ3n) is 2.44. The highest BCUT2D eigenvalue weighted by molar-refractivity contribution is 7.16. The maximum absolute atomic E-state index is 11.9. The van der Waals surface area contributed by atoms with Crippen molar-refractivity contribution in [1.29, 1.82) is 0 Å². The molecule has 1 N–H and O–H groups in total. The number of fused-ring (bicyclic) bond motifs is 1. The number of thiophene rings is 1. The largest absolute Gasteiger partial charge is 0.306 e. The topological polar surface area (TPSA) is 71.5 Å². The molecule has 3 heterocycles. The summed E-state index contributed by atoms with van der Waals surface area (Å²) in [5, 5.41) is 8.32. The lowest BCUT2D eigenvalue weighted by Crippen LogP contribution is -2.08. The summed E-state index contributed by atoms with van der Waals surface area (Å²) >= 11 is 2.76. The summed E-state index contributed by atoms with van der Waals surface area (Å²) < 4.78 is 3.76. The van der Waals surface area contributed by atoms with Crippen LogP contribution in [0.15, 0.2) is 15.6 Å². The Labute approximate surface area is 110 Å². The van der Waals surface area contributed by atoms with Crippen molar-refractivity contribution >= 4 is 45.2 Å². The molecule has 0 spiro atoms. The third kappa shape index (κ3) is 1.98. The lowest BCUT2D eigenvalue weighted by atomic mass is 10.3. The van der Waals surface area contributed by atoms with Gasteiger partial charge in [-0.3, -0.25) is 4.79 Å². The van der Waals surface area contributed by atoms with Gasteiger partial charge < -0.3 is 4.98 Å². The van der Waals surface area contributed by atoms with E-state index in [0.29, 0.717) is 11.2 Å². The van der Waals surface area contributed by atoms with Gasteiger partial charge in [0.15, 0.2) is 0 Å². The van der Waals surface area contributed by atoms with Crippen molar-refractivity contribution in [2.24, 2.45) is 0 Å². The van der Waals surface area contributed by atoms with E-state index in [1.54, 1.807) is 12.2 Å². The van der Waals surface area contributed by atoms with Crippen LogP contribution in [0.4, 0.5) is 0 Å². The maximum atomic E-state index is 11.9. The zero-order valence-corrected chi connectivity index (χ0v) is 11.0. The molecule has 0 fully saturated rings. The Balaban J connectivity index is 2.06. The second kappa shape index (κ2) is 4.43. The minimum absolute atomic E-state index is 0.102. The lowest BCUT2D eigenvalue weighted by molar-refractivity contribution is 1.13. The van der Waals surface area contributed by atoms with Crippen molar-refractivity contribution in [1.82, 2.24) is 19.6 Å². The molecule has 0 saturated carbocycles. The summed E-state index contributed by atoms with van der Waals surface area (Å²) in [4.78, 5) is 19.8. The minimum Gasteiger partial charge on any atom is -0.306 e. The Morgan fingerprint density at radius 2 is 2.22 bits per heavy atom. The van der Waals surface area contributed by atoms with Crippen LogP contribution in [0.1, 0.15) is 17.1 Å². The Morgan fingerprint density at radius 1 is 1.33 bits per heavy atom. The second-order valence-electron chi connectivity index (χ2n) is 3.71. The van der Waals surface area contributed by atoms with Gasteiger partial charge in [-0.1, -0.05) is 4.49 Å². The van der Waals surface area contributed by atoms with Crippen molar-refractivity contribution in [3.63, 3.8) is 0 Å². The fourth-order valence-electron chi connectivity index (χ4n) is 1.59. The summed E-state index contributed by atoms with van der Waals surface area (Å²) in [7, 11) is 0. The molecule has 90 valence electrons. The first-order chi connectivity index (χ1) is 8.74. The Kier molecular flexibility index (Phi) is 2.77. The van der Waals surface area contributed by atoms with Crippen molar-refractivity contribution in [2.45, 2.75) is 6.92 Å². The van der Waals surface area contributed by atoms with Gasteiger partial charge in [-0.2, -0.15) is 0 Å². The summed E-state index contributed by atoms with van der Waals surface area (Å²) in [5.41, 5.74) is 1.61. The van der Waals surface area contributed by atoms with Crippen LogP contribution < -0.4 is 5.56 Å². The van der Waals surface area contributed by atoms with Gasteiger partial charge in [0.05, 0.1) is 11.1 Å². The van der Waals surface area contributed by atoms with Gasteiger partial charge in [-0.25, -0.2) is 4.98 Å². The molecular formula is C11H8N4OS2. The molecule has 0 aromatic carbocycles. The Hall–Kier alpha value is -1.86. The molecule has 0 aliphatic carbocycles. The second-order valence-corrected chi connectivity index (χ2v) is 5.18. The molecule has 0 saturated heterocycles. The summed E-state index contributed by atoms with van der Waals surface area (Å²) in [6.07, 6.45) is 3.50. The smallest absolute Gasteiger partial charge is 0.260 e. The predicted octanol–water partition coefficient (Wildman–Crippen LogP) is 2.31. The van der Waals surface area contributed by atoms with Gasteiger partial charge in [0.25, 0.3) is 5.56 Å². The SMILES string of the molecule is Cc1csc2nc(C=Cc3csnn3)[nH]c(=O)c12. The van der Waals surface area contributed by atoms with Crippen LogP contribution in [0.5, 0.6) is 0 Å². The van der Waals surface area contributed by atoms with E-state index < -0.39 is 0 Å². The standard InChI is InChI=1S/C11H8N4OS2/c1-6-4-17-11-9(6)10(16)12-8(13-11)3-2-7-5-18-15-14-7/h2-5H,1H3,(H,12,13,16). The zero-order valence-electron chi connectivity index (χ0n) is 9.38. The van der Waals surface area contributed by atoms with Crippen LogP contribution in [-0.4, -0.2) is 19.6 Å². The fourth-order valence-corrected chi connectivity index (χ4v) is 2.94. The van der Waals surface area contributed by atoms with Gasteiger partial charge in [-0.05, 0) is 41.6 Å². The fraction of sp³-hybridized carbons (Fsp3) is 0.0909. The molecule has 0 atom stereocenters. The molecule has 5 nitrogen and oxygen atoms in total. The number of nitrogens with zero attached hydrogens (tertiary/aromatic N) is 3. The van der Waals surface area contributed by atoms with E-state index in [1.807, 2.05) is 17.7 Å². The molecule has 18 heavy (non-hydrogen) atoms. The molecular weight excluding hydrogens is 268 g/mol. The zero-order chi connectivity index (χ0) is 12.5. The van der Waals surface area contributed by atoms with Crippen LogP contribution in [0.3, 0.4) is 0 Å². The van der Waals surface area contributed by atoms with E-state index >= 15 is 0 Å². The summed E-state index contributed by atoms with van der Waals surface area (Å²) in [6, 6.07) is 0. The highest BCUT2D eigenvalue weighted by Crippen LogP contribution is 2.19. The first-order valence-corrected chi connectivity index (χ1v) is 6.89. The molecule has 0 unspecified atom stereocenters. The number of aryl methyl sites for hydroxylation is 1. The van der Waals surface area contributed by atoms with Gasteiger partial charge in [0.1, 0.15) is 10.7 Å². The third-order valence-corrected chi connectivity index (χ3v) is 3.95. The number of hydrogen-bond acceptors (Lipinski definition) is 6. The van der Waals surface area contributed by atoms with Gasteiger partial charge >= 0.3 is 0 Å². The van der Waals surface area contributed by atoms with Gasteiger partial charge in [-0.15, -0.1) is 16.4 Å². The van der Waals surface area contributed by atoms with E-state index in [2.05, 4.69) is 19.6 Å². The minimum atomic E-state index is -0.102. The molecule has 0 aliphatic heterocycles. The van der Waals surface area contributed by atoms with E-state index in [-0.39, 0.29) is 5.56 Å². The molecule has 0 aliphatic rings. The van der Waals surface area contributed by atoms with Gasteiger partial charge in [0, 0.05) is 5.38 Å². The number of aromatic nitrogens is 4. The van der Waals surface area contributed by atoms with E-state index in [9.17, 15) is 4.79 Å². The first-order valence-electron chi connectivity index (χ1n) is 5.17. The van der Waals surface area contributed by atoms with Crippen LogP contribution in [0.2, 0.25) is 0 Å². The van der Waals surface area contributed by atoms with Crippen molar-refractivity contribution < 1.29 is 0 Å². The molecule has 3 aromatic heterocycles. The van der Waals surface area contributed by atoms with E-state index in [4.69, 9.17) is 0 Å². The Morgan fingerprint density at radius 3 is 3.00 bits per heavy atom. The number of aromatic amines is 1. The summed E-state index contributed by atoms with van der Waals surface area (Å²) in [6.45, 7) is 1.91. The average Bonchev–Trinajstić information content (AvgIpc) is 2.97. The van der Waals surface area contributed by atoms with E-state index in [1.165, 1.54) is 22.9 Å². The number of rotatable bonds is 2. The molecule has 3 aromatic rings. The van der Waals surface area contributed by atoms with Crippen LogP contribution in [0, 0.1) is 6.92 Å². The normalized spacial score (nSPS) is 11.6. The molecule has 3 rings (SSSR count). The highest BCUT2D eigenvalue weighted by atomic mass is 32.1. The molecule has 0 radical (unpaired) electrons. The Bertz CT molecular complexity index is 770. The first kappa shape index (κ1) is 11.2. The number of nitrogens with one attached hydrogen (secondary N) is 1. The van der Waals surface area contributed by atoms with Crippen molar-refractivity contribution in [3.8, 4) is 0 Å². The monoisotopic (exact) mass is 276 g/mol. The highest BCUT2D eigenvalue weighted by Gasteiger charge is 2.06. The quantitative estimate of drug-likeness (QED) is 0.779. The average molecular weight is 276 g/mol. The predicted molar refractivity (Wildman–Crippen MR) is 73.8 cm³/mol. The van der Waals surface area contributed by atoms with Gasteiger partial charge in [0.2, 0.25) is 0 Å². The van der Waals surface area contributed by atoms with Crippen LogP contribution >= 0.6 is 22.9 Å². The molecule has 0 amide bonds. The van der Waals surface area contributed by atoms with Crippen molar-refractivity contribution in [3.05, 3.63) is 38.2 Å². The van der Waals surface area contributed by atoms with Crippen molar-refractivity contribution in [2.75, 3.05) is 0 Å². The lowest BCUT2D eigenvalue weighted by Gasteiger charge is -1.94. The van der Waals surface area contributed by atoms with Crippen LogP contribution in [-0.2, 0) is 0 Å². The number of hydrogen-bond donors (Lipinski definition) is 1. The molecule has 0 bridgehead atoms. The summed E-state index contributed by atoms with van der Waals surface area (Å²) in [5.74, 6) is 0.530. The van der Waals surface area contributed by atoms with Crippen LogP contribution in [0.25, 0.3) is 22.4 Å². The maximum Gasteiger partial charge on any atom is 0.260 e. The van der Waals surface area contributed by atoms with E-state index in [0.717, 1.165) is 16.1 Å². The number of H-pyrrole nitrogens is 1.